The third kappa shape index (κ3) is 4.83. The summed E-state index contributed by atoms with van der Waals surface area (Å²) in [6.45, 7) is 4.93. The Morgan fingerprint density at radius 3 is 2.33 bits per heavy atom. The number of hydrogen-bond donors (Lipinski definition) is 3. The molecule has 0 spiro atoms. The Labute approximate surface area is 123 Å². The molecule has 21 heavy (non-hydrogen) atoms. The first-order chi connectivity index (χ1) is 9.63. The van der Waals surface area contributed by atoms with Crippen LogP contribution in [0.1, 0.15) is 31.1 Å². The molecule has 8 heteroatoms. The fourth-order valence-corrected chi connectivity index (χ4v) is 2.81. The van der Waals surface area contributed by atoms with Gasteiger partial charge in [-0.05, 0) is 39.0 Å². The van der Waals surface area contributed by atoms with Crippen LogP contribution in [0.25, 0.3) is 0 Å². The third-order valence-corrected chi connectivity index (χ3v) is 4.09. The van der Waals surface area contributed by atoms with Gasteiger partial charge in [0.1, 0.15) is 0 Å². The topological polar surface area (TPSA) is 113 Å². The molecular weight excluding hydrogens is 296 g/mol. The molecule has 0 saturated carbocycles. The molecule has 0 heterocycles. The van der Waals surface area contributed by atoms with E-state index in [0.717, 1.165) is 6.07 Å². The average molecular weight is 314 g/mol. The van der Waals surface area contributed by atoms with Crippen molar-refractivity contribution in [3.8, 4) is 0 Å². The van der Waals surface area contributed by atoms with Gasteiger partial charge >= 0.3 is 5.97 Å². The van der Waals surface area contributed by atoms with E-state index < -0.39 is 27.9 Å². The van der Waals surface area contributed by atoms with E-state index in [2.05, 4.69) is 10.0 Å². The number of aromatic carboxylic acids is 1. The first kappa shape index (κ1) is 17.1. The van der Waals surface area contributed by atoms with E-state index in [0.29, 0.717) is 0 Å². The standard InChI is InChI=1S/C13H18N2O5S/c1-8(2)14-12(16)9(3)15-21(19,20)11-6-4-5-10(7-11)13(17)18/h4-9,15H,1-3H3,(H,14,16)(H,17,18). The predicted molar refractivity (Wildman–Crippen MR) is 76.5 cm³/mol. The first-order valence-electron chi connectivity index (χ1n) is 6.29. The number of nitrogens with one attached hydrogen (secondary N) is 2. The highest BCUT2D eigenvalue weighted by atomic mass is 32.2. The summed E-state index contributed by atoms with van der Waals surface area (Å²) in [5.41, 5.74) is -0.142. The van der Waals surface area contributed by atoms with Crippen LogP contribution in [0, 0.1) is 0 Å². The minimum Gasteiger partial charge on any atom is -0.478 e. The molecule has 0 aliphatic carbocycles. The van der Waals surface area contributed by atoms with Crippen LogP contribution in [0.3, 0.4) is 0 Å². The summed E-state index contributed by atoms with van der Waals surface area (Å²) in [5, 5.41) is 11.5. The molecule has 0 aliphatic heterocycles. The molecule has 1 amide bonds. The summed E-state index contributed by atoms with van der Waals surface area (Å²) in [6.07, 6.45) is 0. The molecule has 0 aromatic heterocycles. The van der Waals surface area contributed by atoms with Crippen LogP contribution in [0.2, 0.25) is 0 Å². The second-order valence-electron chi connectivity index (χ2n) is 4.84. The molecule has 7 nitrogen and oxygen atoms in total. The molecule has 1 aromatic rings. The minimum atomic E-state index is -3.97. The van der Waals surface area contributed by atoms with Crippen molar-refractivity contribution in [3.63, 3.8) is 0 Å². The molecule has 3 N–H and O–H groups in total. The van der Waals surface area contributed by atoms with Gasteiger partial charge in [-0.3, -0.25) is 4.79 Å². The summed E-state index contributed by atoms with van der Waals surface area (Å²) < 4.78 is 26.5. The zero-order chi connectivity index (χ0) is 16.2. The molecule has 0 radical (unpaired) electrons. The number of carboxylic acids is 1. The normalized spacial score (nSPS) is 13.0. The van der Waals surface area contributed by atoms with Gasteiger partial charge in [0, 0.05) is 6.04 Å². The van der Waals surface area contributed by atoms with Crippen molar-refractivity contribution >= 4 is 21.9 Å². The monoisotopic (exact) mass is 314 g/mol. The van der Waals surface area contributed by atoms with Crippen molar-refractivity contribution in [1.29, 1.82) is 0 Å². The number of rotatable bonds is 6. The van der Waals surface area contributed by atoms with E-state index in [9.17, 15) is 18.0 Å². The lowest BCUT2D eigenvalue weighted by atomic mass is 10.2. The van der Waals surface area contributed by atoms with Gasteiger partial charge in [0.25, 0.3) is 0 Å². The van der Waals surface area contributed by atoms with E-state index in [1.165, 1.54) is 25.1 Å². The Morgan fingerprint density at radius 1 is 1.19 bits per heavy atom. The lowest BCUT2D eigenvalue weighted by Gasteiger charge is -2.16. The van der Waals surface area contributed by atoms with Crippen LogP contribution >= 0.6 is 0 Å². The SMILES string of the molecule is CC(C)NC(=O)C(C)NS(=O)(=O)c1cccc(C(=O)O)c1. The number of carbonyl (C=O) groups excluding carboxylic acids is 1. The fourth-order valence-electron chi connectivity index (χ4n) is 1.56. The van der Waals surface area contributed by atoms with Gasteiger partial charge in [-0.1, -0.05) is 6.07 Å². The first-order valence-corrected chi connectivity index (χ1v) is 7.78. The van der Waals surface area contributed by atoms with Crippen molar-refractivity contribution in [2.45, 2.75) is 37.8 Å². The van der Waals surface area contributed by atoms with Gasteiger partial charge in [-0.2, -0.15) is 4.72 Å². The molecule has 0 bridgehead atoms. The molecular formula is C13H18N2O5S. The van der Waals surface area contributed by atoms with Crippen molar-refractivity contribution < 1.29 is 23.1 Å². The Bertz CT molecular complexity index is 640. The maximum absolute atomic E-state index is 12.1. The van der Waals surface area contributed by atoms with Crippen LogP contribution in [0.5, 0.6) is 0 Å². The molecule has 1 atom stereocenters. The van der Waals surface area contributed by atoms with E-state index >= 15 is 0 Å². The molecule has 1 aromatic carbocycles. The fraction of sp³-hybridized carbons (Fsp3) is 0.385. The number of carbonyl (C=O) groups is 2. The Kier molecular flexibility index (Phi) is 5.45. The molecule has 1 unspecified atom stereocenters. The number of amides is 1. The highest BCUT2D eigenvalue weighted by molar-refractivity contribution is 7.89. The Morgan fingerprint density at radius 2 is 1.81 bits per heavy atom. The van der Waals surface area contributed by atoms with Crippen LogP contribution < -0.4 is 10.0 Å². The zero-order valence-electron chi connectivity index (χ0n) is 12.0. The summed E-state index contributed by atoms with van der Waals surface area (Å²) in [7, 11) is -3.97. The average Bonchev–Trinajstić information content (AvgIpc) is 2.37. The molecule has 1 rings (SSSR count). The Hall–Kier alpha value is -1.93. The predicted octanol–water partition coefficient (Wildman–Crippen LogP) is 0.576. The van der Waals surface area contributed by atoms with E-state index in [1.807, 2.05) is 0 Å². The van der Waals surface area contributed by atoms with Crippen LogP contribution in [-0.4, -0.2) is 37.5 Å². The van der Waals surface area contributed by atoms with Crippen LogP contribution in [-0.2, 0) is 14.8 Å². The molecule has 0 saturated heterocycles. The minimum absolute atomic E-state index is 0.111. The highest BCUT2D eigenvalue weighted by Crippen LogP contribution is 2.12. The second kappa shape index (κ2) is 6.68. The largest absolute Gasteiger partial charge is 0.478 e. The van der Waals surface area contributed by atoms with Gasteiger partial charge in [-0.15, -0.1) is 0 Å². The smallest absolute Gasteiger partial charge is 0.335 e. The summed E-state index contributed by atoms with van der Waals surface area (Å²) >= 11 is 0. The van der Waals surface area contributed by atoms with Crippen LogP contribution in [0.15, 0.2) is 29.2 Å². The van der Waals surface area contributed by atoms with Gasteiger partial charge in [0.2, 0.25) is 15.9 Å². The molecule has 0 aliphatic rings. The number of hydrogen-bond acceptors (Lipinski definition) is 4. The number of benzene rings is 1. The lowest BCUT2D eigenvalue weighted by molar-refractivity contribution is -0.122. The van der Waals surface area contributed by atoms with E-state index in [-0.39, 0.29) is 16.5 Å². The molecule has 0 fully saturated rings. The highest BCUT2D eigenvalue weighted by Gasteiger charge is 2.23. The number of sulfonamides is 1. The maximum atomic E-state index is 12.1. The third-order valence-electron chi connectivity index (χ3n) is 2.55. The van der Waals surface area contributed by atoms with Crippen molar-refractivity contribution in [2.24, 2.45) is 0 Å². The zero-order valence-corrected chi connectivity index (χ0v) is 12.8. The van der Waals surface area contributed by atoms with Gasteiger partial charge < -0.3 is 10.4 Å². The lowest BCUT2D eigenvalue weighted by Crippen LogP contribution is -2.46. The van der Waals surface area contributed by atoms with Gasteiger partial charge in [0.15, 0.2) is 0 Å². The summed E-state index contributed by atoms with van der Waals surface area (Å²) in [5.74, 6) is -1.68. The maximum Gasteiger partial charge on any atom is 0.335 e. The Balaban J connectivity index is 2.94. The number of carboxylic acid groups (broad SMARTS) is 1. The van der Waals surface area contributed by atoms with Crippen LogP contribution in [0.4, 0.5) is 0 Å². The summed E-state index contributed by atoms with van der Waals surface area (Å²) in [6, 6.07) is 3.85. The summed E-state index contributed by atoms with van der Waals surface area (Å²) in [4.78, 5) is 22.4. The quantitative estimate of drug-likeness (QED) is 0.711. The van der Waals surface area contributed by atoms with Gasteiger partial charge in [-0.25, -0.2) is 13.2 Å². The van der Waals surface area contributed by atoms with Gasteiger partial charge in [0.05, 0.1) is 16.5 Å². The van der Waals surface area contributed by atoms with Crippen molar-refractivity contribution in [2.75, 3.05) is 0 Å². The van der Waals surface area contributed by atoms with Crippen molar-refractivity contribution in [1.82, 2.24) is 10.0 Å². The van der Waals surface area contributed by atoms with E-state index in [1.54, 1.807) is 13.8 Å². The molecule has 116 valence electrons. The van der Waals surface area contributed by atoms with Crippen molar-refractivity contribution in [3.05, 3.63) is 29.8 Å². The van der Waals surface area contributed by atoms with E-state index in [4.69, 9.17) is 5.11 Å². The second-order valence-corrected chi connectivity index (χ2v) is 6.55.